The van der Waals surface area contributed by atoms with E-state index in [2.05, 4.69) is 20.8 Å². The van der Waals surface area contributed by atoms with Crippen LogP contribution in [0.1, 0.15) is 69.7 Å². The molecule has 0 aliphatic rings. The highest BCUT2D eigenvalue weighted by molar-refractivity contribution is 5.96. The fourth-order valence-electron chi connectivity index (χ4n) is 1.68. The Balaban J connectivity index is 0.000000621. The molecule has 0 unspecified atom stereocenters. The van der Waals surface area contributed by atoms with Gasteiger partial charge in [-0.05, 0) is 6.42 Å². The minimum atomic E-state index is 0.0621. The maximum atomic E-state index is 11.6. The first-order chi connectivity index (χ1) is 9.76. The van der Waals surface area contributed by atoms with Gasteiger partial charge in [-0.3, -0.25) is 4.79 Å². The Morgan fingerprint density at radius 2 is 1.50 bits per heavy atom. The summed E-state index contributed by atoms with van der Waals surface area (Å²) in [5.74, 6) is 0.0621. The molecule has 0 aliphatic carbocycles. The fourth-order valence-corrected chi connectivity index (χ4v) is 1.68. The van der Waals surface area contributed by atoms with Crippen LogP contribution in [0.5, 0.6) is 0 Å². The van der Waals surface area contributed by atoms with E-state index in [1.54, 1.807) is 0 Å². The molecule has 0 atom stereocenters. The Labute approximate surface area is 124 Å². The van der Waals surface area contributed by atoms with E-state index in [1.165, 1.54) is 32.1 Å². The second-order valence-corrected chi connectivity index (χ2v) is 4.90. The van der Waals surface area contributed by atoms with Crippen LogP contribution in [0.25, 0.3) is 0 Å². The number of unbranched alkanes of at least 4 members (excludes halogenated alkanes) is 4. The van der Waals surface area contributed by atoms with Crippen LogP contribution in [0.3, 0.4) is 0 Å². The molecule has 1 rings (SSSR count). The molecular formula is C18H30O2. The SMILES string of the molecule is CCCCC.CCCCCOCC(=O)c1ccccc1. The summed E-state index contributed by atoms with van der Waals surface area (Å²) in [4.78, 5) is 11.6. The van der Waals surface area contributed by atoms with Crippen molar-refractivity contribution in [2.45, 2.75) is 59.3 Å². The smallest absolute Gasteiger partial charge is 0.188 e. The summed E-state index contributed by atoms with van der Waals surface area (Å²) in [6.07, 6.45) is 7.46. The van der Waals surface area contributed by atoms with Gasteiger partial charge in [0.05, 0.1) is 0 Å². The third-order valence-electron chi connectivity index (χ3n) is 2.93. The molecule has 0 radical (unpaired) electrons. The van der Waals surface area contributed by atoms with E-state index in [0.29, 0.717) is 6.61 Å². The normalized spacial score (nSPS) is 9.75. The summed E-state index contributed by atoms with van der Waals surface area (Å²) in [6.45, 7) is 7.46. The molecule has 2 nitrogen and oxygen atoms in total. The van der Waals surface area contributed by atoms with E-state index in [1.807, 2.05) is 30.3 Å². The highest BCUT2D eigenvalue weighted by Gasteiger charge is 2.03. The molecule has 0 spiro atoms. The van der Waals surface area contributed by atoms with Crippen molar-refractivity contribution in [3.8, 4) is 0 Å². The van der Waals surface area contributed by atoms with Crippen molar-refractivity contribution in [1.29, 1.82) is 0 Å². The zero-order chi connectivity index (χ0) is 15.1. The lowest BCUT2D eigenvalue weighted by molar-refractivity contribution is 0.0753. The number of Topliss-reactive ketones (excluding diaryl/α,β-unsaturated/α-hetero) is 1. The van der Waals surface area contributed by atoms with Crippen LogP contribution in [-0.2, 0) is 4.74 Å². The molecule has 114 valence electrons. The molecule has 0 amide bonds. The third kappa shape index (κ3) is 10.7. The lowest BCUT2D eigenvalue weighted by Crippen LogP contribution is -2.09. The Bertz CT molecular complexity index is 317. The summed E-state index contributed by atoms with van der Waals surface area (Å²) in [7, 11) is 0. The van der Waals surface area contributed by atoms with Gasteiger partial charge in [-0.25, -0.2) is 0 Å². The zero-order valence-electron chi connectivity index (χ0n) is 13.4. The monoisotopic (exact) mass is 278 g/mol. The van der Waals surface area contributed by atoms with Crippen molar-refractivity contribution >= 4 is 5.78 Å². The van der Waals surface area contributed by atoms with Gasteiger partial charge in [0.1, 0.15) is 6.61 Å². The molecular weight excluding hydrogens is 248 g/mol. The van der Waals surface area contributed by atoms with E-state index < -0.39 is 0 Å². The quantitative estimate of drug-likeness (QED) is 0.454. The number of ketones is 1. The van der Waals surface area contributed by atoms with Gasteiger partial charge in [0, 0.05) is 12.2 Å². The Morgan fingerprint density at radius 1 is 0.900 bits per heavy atom. The molecule has 0 fully saturated rings. The van der Waals surface area contributed by atoms with Crippen LogP contribution < -0.4 is 0 Å². The number of hydrogen-bond acceptors (Lipinski definition) is 2. The van der Waals surface area contributed by atoms with E-state index in [4.69, 9.17) is 4.74 Å². The second-order valence-electron chi connectivity index (χ2n) is 4.90. The lowest BCUT2D eigenvalue weighted by atomic mass is 10.1. The molecule has 1 aromatic rings. The number of rotatable bonds is 9. The maximum Gasteiger partial charge on any atom is 0.188 e. The first-order valence-electron chi connectivity index (χ1n) is 7.92. The van der Waals surface area contributed by atoms with Gasteiger partial charge >= 0.3 is 0 Å². The number of ether oxygens (including phenoxy) is 1. The van der Waals surface area contributed by atoms with E-state index >= 15 is 0 Å². The minimum Gasteiger partial charge on any atom is -0.373 e. The summed E-state index contributed by atoms with van der Waals surface area (Å²) >= 11 is 0. The predicted molar refractivity (Wildman–Crippen MR) is 86.3 cm³/mol. The minimum absolute atomic E-state index is 0.0621. The lowest BCUT2D eigenvalue weighted by Gasteiger charge is -2.02. The first-order valence-corrected chi connectivity index (χ1v) is 7.92. The van der Waals surface area contributed by atoms with Gasteiger partial charge in [-0.2, -0.15) is 0 Å². The van der Waals surface area contributed by atoms with Crippen molar-refractivity contribution in [1.82, 2.24) is 0 Å². The van der Waals surface area contributed by atoms with Crippen molar-refractivity contribution < 1.29 is 9.53 Å². The Hall–Kier alpha value is -1.15. The van der Waals surface area contributed by atoms with Gasteiger partial charge in [0.25, 0.3) is 0 Å². The van der Waals surface area contributed by atoms with Crippen LogP contribution in [-0.4, -0.2) is 19.0 Å². The largest absolute Gasteiger partial charge is 0.373 e. The second kappa shape index (κ2) is 14.3. The van der Waals surface area contributed by atoms with Gasteiger partial charge in [-0.1, -0.05) is 83.2 Å². The zero-order valence-corrected chi connectivity index (χ0v) is 13.4. The van der Waals surface area contributed by atoms with Crippen LogP contribution in [0.2, 0.25) is 0 Å². The Kier molecular flexibility index (Phi) is 13.4. The van der Waals surface area contributed by atoms with E-state index in [0.717, 1.165) is 12.0 Å². The molecule has 2 heteroatoms. The summed E-state index contributed by atoms with van der Waals surface area (Å²) in [5.41, 5.74) is 0.730. The van der Waals surface area contributed by atoms with Crippen LogP contribution in [0, 0.1) is 0 Å². The average molecular weight is 278 g/mol. The summed E-state index contributed by atoms with van der Waals surface area (Å²) < 4.78 is 5.30. The molecule has 0 aromatic heterocycles. The highest BCUT2D eigenvalue weighted by atomic mass is 16.5. The number of hydrogen-bond donors (Lipinski definition) is 0. The Morgan fingerprint density at radius 3 is 2.00 bits per heavy atom. The fraction of sp³-hybridized carbons (Fsp3) is 0.611. The standard InChI is InChI=1S/C13H18O2.C5H12/c1-2-3-7-10-15-11-13(14)12-8-5-4-6-9-12;1-3-5-4-2/h4-6,8-9H,2-3,7,10-11H2,1H3;3-5H2,1-2H3. The van der Waals surface area contributed by atoms with Crippen LogP contribution in [0.4, 0.5) is 0 Å². The molecule has 0 aliphatic heterocycles. The first kappa shape index (κ1) is 18.9. The van der Waals surface area contributed by atoms with Gasteiger partial charge < -0.3 is 4.74 Å². The van der Waals surface area contributed by atoms with Crippen molar-refractivity contribution in [2.75, 3.05) is 13.2 Å². The van der Waals surface area contributed by atoms with Crippen molar-refractivity contribution in [2.24, 2.45) is 0 Å². The molecule has 1 aromatic carbocycles. The highest BCUT2D eigenvalue weighted by Crippen LogP contribution is 2.01. The van der Waals surface area contributed by atoms with Crippen molar-refractivity contribution in [3.05, 3.63) is 35.9 Å². The van der Waals surface area contributed by atoms with Crippen LogP contribution >= 0.6 is 0 Å². The molecule has 0 N–H and O–H groups in total. The summed E-state index contributed by atoms with van der Waals surface area (Å²) in [6, 6.07) is 9.27. The van der Waals surface area contributed by atoms with Gasteiger partial charge in [-0.15, -0.1) is 0 Å². The van der Waals surface area contributed by atoms with E-state index in [9.17, 15) is 4.79 Å². The number of carbonyl (C=O) groups is 1. The van der Waals surface area contributed by atoms with Gasteiger partial charge in [0.2, 0.25) is 0 Å². The number of carbonyl (C=O) groups excluding carboxylic acids is 1. The molecule has 0 heterocycles. The molecule has 0 saturated heterocycles. The molecule has 20 heavy (non-hydrogen) atoms. The number of benzene rings is 1. The molecule has 0 bridgehead atoms. The topological polar surface area (TPSA) is 26.3 Å². The van der Waals surface area contributed by atoms with Crippen LogP contribution in [0.15, 0.2) is 30.3 Å². The predicted octanol–water partition coefficient (Wildman–Crippen LogP) is 5.27. The summed E-state index contributed by atoms with van der Waals surface area (Å²) in [5, 5.41) is 0. The van der Waals surface area contributed by atoms with Crippen molar-refractivity contribution in [3.63, 3.8) is 0 Å². The van der Waals surface area contributed by atoms with E-state index in [-0.39, 0.29) is 12.4 Å². The molecule has 0 saturated carbocycles. The third-order valence-corrected chi connectivity index (χ3v) is 2.93. The maximum absolute atomic E-state index is 11.6. The average Bonchev–Trinajstić information content (AvgIpc) is 2.49. The van der Waals surface area contributed by atoms with Gasteiger partial charge in [0.15, 0.2) is 5.78 Å².